The first kappa shape index (κ1) is 20.6. The molecule has 1 heterocycles. The second-order valence-electron chi connectivity index (χ2n) is 6.40. The lowest BCUT2D eigenvalue weighted by Crippen LogP contribution is -2.29. The second-order valence-corrected chi connectivity index (χ2v) is 8.82. The van der Waals surface area contributed by atoms with Crippen molar-refractivity contribution in [3.05, 3.63) is 92.8 Å². The van der Waals surface area contributed by atoms with Crippen LogP contribution in [0, 0.1) is 0 Å². The van der Waals surface area contributed by atoms with Crippen molar-refractivity contribution in [2.75, 3.05) is 0 Å². The Balaban J connectivity index is 1.97. The number of hydrogen-bond acceptors (Lipinski definition) is 3. The lowest BCUT2D eigenvalue weighted by molar-refractivity contribution is 0.0961. The fourth-order valence-electron chi connectivity index (χ4n) is 3.20. The predicted octanol–water partition coefficient (Wildman–Crippen LogP) is 3.59. The Bertz CT molecular complexity index is 1380. The minimum absolute atomic E-state index is 0.00249. The first-order chi connectivity index (χ1) is 14.2. The van der Waals surface area contributed by atoms with E-state index < -0.39 is 19.2 Å². The molecule has 0 aliphatic carbocycles. The van der Waals surface area contributed by atoms with Gasteiger partial charge in [0.25, 0.3) is 5.91 Å². The van der Waals surface area contributed by atoms with Gasteiger partial charge in [-0.05, 0) is 48.5 Å². The molecule has 0 radical (unpaired) electrons. The topological polar surface area (TPSA) is 102 Å². The Labute approximate surface area is 179 Å². The van der Waals surface area contributed by atoms with Crippen molar-refractivity contribution in [2.45, 2.75) is 0 Å². The number of hydrogen-bond donors (Lipinski definition) is 2. The monoisotopic (exact) mass is 462 g/mol. The maximum absolute atomic E-state index is 13.3. The van der Waals surface area contributed by atoms with Crippen LogP contribution in [0.2, 0.25) is 10.0 Å². The third-order valence-electron chi connectivity index (χ3n) is 4.57. The van der Waals surface area contributed by atoms with Crippen LogP contribution >= 0.6 is 30.8 Å². The number of para-hydroxylation sites is 2. The molecular weight excluding hydrogens is 450 g/mol. The van der Waals surface area contributed by atoms with Gasteiger partial charge in [0.05, 0.1) is 37.6 Å². The van der Waals surface area contributed by atoms with Crippen molar-refractivity contribution in [1.82, 2.24) is 9.13 Å². The highest BCUT2D eigenvalue weighted by molar-refractivity contribution is 7.60. The van der Waals surface area contributed by atoms with Crippen LogP contribution in [0.3, 0.4) is 0 Å². The van der Waals surface area contributed by atoms with Crippen molar-refractivity contribution in [1.29, 1.82) is 0 Å². The summed E-state index contributed by atoms with van der Waals surface area (Å²) < 4.78 is 13.7. The normalized spacial score (nSPS) is 11.7. The molecule has 0 spiro atoms. The molecule has 0 unspecified atom stereocenters. The van der Waals surface area contributed by atoms with E-state index in [2.05, 4.69) is 0 Å². The van der Waals surface area contributed by atoms with Crippen LogP contribution in [0.15, 0.2) is 71.5 Å². The van der Waals surface area contributed by atoms with E-state index in [1.165, 1.54) is 41.0 Å². The molecule has 0 fully saturated rings. The average Bonchev–Trinajstić information content (AvgIpc) is 2.99. The molecule has 3 aromatic carbocycles. The van der Waals surface area contributed by atoms with Crippen LogP contribution in [0.1, 0.15) is 10.4 Å². The van der Waals surface area contributed by atoms with Gasteiger partial charge in [-0.15, -0.1) is 0 Å². The van der Waals surface area contributed by atoms with Crippen molar-refractivity contribution >= 4 is 53.0 Å². The zero-order chi connectivity index (χ0) is 21.6. The Morgan fingerprint density at radius 2 is 1.40 bits per heavy atom. The van der Waals surface area contributed by atoms with Crippen molar-refractivity contribution < 1.29 is 19.1 Å². The van der Waals surface area contributed by atoms with Gasteiger partial charge in [0.1, 0.15) is 0 Å². The van der Waals surface area contributed by atoms with E-state index in [4.69, 9.17) is 23.2 Å². The first-order valence-electron chi connectivity index (χ1n) is 8.58. The quantitative estimate of drug-likeness (QED) is 0.453. The van der Waals surface area contributed by atoms with Crippen LogP contribution < -0.4 is 11.0 Å². The van der Waals surface area contributed by atoms with Gasteiger partial charge in [0.15, 0.2) is 0 Å². The second kappa shape index (κ2) is 7.54. The maximum Gasteiger partial charge on any atom is 0.356 e. The zero-order valence-corrected chi connectivity index (χ0v) is 17.5. The van der Waals surface area contributed by atoms with Gasteiger partial charge in [-0.1, -0.05) is 41.4 Å². The fraction of sp³-hybridized carbons (Fsp3) is 0. The summed E-state index contributed by atoms with van der Waals surface area (Å²) in [5, 5.41) is 0.0476. The minimum Gasteiger partial charge on any atom is -0.321 e. The number of carbonyl (C=O) groups excluding carboxylic acids is 1. The highest BCUT2D eigenvalue weighted by Crippen LogP contribution is 2.33. The number of benzene rings is 3. The summed E-state index contributed by atoms with van der Waals surface area (Å²) in [6.07, 6.45) is 0. The van der Waals surface area contributed by atoms with Gasteiger partial charge in [-0.2, -0.15) is 0 Å². The van der Waals surface area contributed by atoms with Gasteiger partial charge in [-0.25, -0.2) is 9.36 Å². The maximum atomic E-state index is 13.3. The molecule has 4 rings (SSSR count). The predicted molar refractivity (Wildman–Crippen MR) is 115 cm³/mol. The van der Waals surface area contributed by atoms with E-state index in [0.29, 0.717) is 16.7 Å². The smallest absolute Gasteiger partial charge is 0.321 e. The molecule has 0 amide bonds. The van der Waals surface area contributed by atoms with E-state index >= 15 is 0 Å². The van der Waals surface area contributed by atoms with Gasteiger partial charge < -0.3 is 9.79 Å². The van der Waals surface area contributed by atoms with E-state index in [9.17, 15) is 23.9 Å². The third-order valence-corrected chi connectivity index (χ3v) is 6.17. The summed E-state index contributed by atoms with van der Waals surface area (Å²) in [4.78, 5) is 45.1. The molecule has 0 aliphatic heterocycles. The number of nitrogens with zero attached hydrogens (tertiary/aromatic N) is 2. The van der Waals surface area contributed by atoms with E-state index in [1.807, 2.05) is 0 Å². The molecule has 1 aromatic heterocycles. The van der Waals surface area contributed by atoms with Crippen molar-refractivity contribution in [3.8, 4) is 5.69 Å². The van der Waals surface area contributed by atoms with Gasteiger partial charge in [-0.3, -0.25) is 13.9 Å². The molecule has 4 aromatic rings. The standard InChI is InChI=1S/C20H13Cl2N2O5P/c21-14-4-3-5-15(22)18(14)19(25)24-17-7-2-1-6-16(17)23(20(24)26)12-8-10-13(11-9-12)30(27,28)29/h1-11H,(H2,27,28,29). The molecule has 0 saturated heterocycles. The summed E-state index contributed by atoms with van der Waals surface area (Å²) in [6, 6.07) is 16.5. The largest absolute Gasteiger partial charge is 0.356 e. The zero-order valence-electron chi connectivity index (χ0n) is 15.1. The highest BCUT2D eigenvalue weighted by Gasteiger charge is 2.24. The number of imidazole rings is 1. The third kappa shape index (κ3) is 3.41. The van der Waals surface area contributed by atoms with Crippen LogP contribution in [0.4, 0.5) is 0 Å². The number of carbonyl (C=O) groups is 1. The molecular formula is C20H13Cl2N2O5P. The highest BCUT2D eigenvalue weighted by atomic mass is 35.5. The molecule has 152 valence electrons. The lowest BCUT2D eigenvalue weighted by Gasteiger charge is -2.07. The summed E-state index contributed by atoms with van der Waals surface area (Å²) in [6.45, 7) is 0. The Morgan fingerprint density at radius 1 is 0.833 bits per heavy atom. The average molecular weight is 463 g/mol. The molecule has 0 aliphatic rings. The van der Waals surface area contributed by atoms with E-state index in [1.54, 1.807) is 30.3 Å². The minimum atomic E-state index is -4.43. The van der Waals surface area contributed by atoms with E-state index in [0.717, 1.165) is 4.57 Å². The van der Waals surface area contributed by atoms with Crippen molar-refractivity contribution in [3.63, 3.8) is 0 Å². The summed E-state index contributed by atoms with van der Waals surface area (Å²) in [5.74, 6) is -0.683. The molecule has 0 saturated carbocycles. The number of rotatable bonds is 3. The molecule has 7 nitrogen and oxygen atoms in total. The van der Waals surface area contributed by atoms with Crippen LogP contribution in [-0.2, 0) is 4.57 Å². The van der Waals surface area contributed by atoms with Gasteiger partial charge in [0.2, 0.25) is 0 Å². The van der Waals surface area contributed by atoms with Crippen LogP contribution in [-0.4, -0.2) is 24.8 Å². The van der Waals surface area contributed by atoms with Crippen molar-refractivity contribution in [2.24, 2.45) is 0 Å². The van der Waals surface area contributed by atoms with Gasteiger partial charge >= 0.3 is 13.3 Å². The Kier molecular flexibility index (Phi) is 5.18. The fourth-order valence-corrected chi connectivity index (χ4v) is 4.30. The molecule has 0 bridgehead atoms. The Hall–Kier alpha value is -2.67. The summed E-state index contributed by atoms with van der Waals surface area (Å²) in [7, 11) is -4.43. The molecule has 2 N–H and O–H groups in total. The Morgan fingerprint density at radius 3 is 1.97 bits per heavy atom. The first-order valence-corrected chi connectivity index (χ1v) is 10.9. The lowest BCUT2D eigenvalue weighted by atomic mass is 10.2. The number of aromatic nitrogens is 2. The summed E-state index contributed by atoms with van der Waals surface area (Å²) in [5.41, 5.74) is 0.444. The SMILES string of the molecule is O=C(c1c(Cl)cccc1Cl)n1c(=O)n(-c2ccc(P(=O)(O)O)cc2)c2ccccc21. The van der Waals surface area contributed by atoms with Crippen LogP contribution in [0.5, 0.6) is 0 Å². The van der Waals surface area contributed by atoms with Gasteiger partial charge in [0, 0.05) is 0 Å². The van der Waals surface area contributed by atoms with E-state index in [-0.39, 0.29) is 20.9 Å². The summed E-state index contributed by atoms with van der Waals surface area (Å²) >= 11 is 12.3. The van der Waals surface area contributed by atoms with Crippen LogP contribution in [0.25, 0.3) is 16.7 Å². The number of fused-ring (bicyclic) bond motifs is 1. The molecule has 30 heavy (non-hydrogen) atoms. The molecule has 10 heteroatoms. The molecule has 0 atom stereocenters. The number of halogens is 2.